The van der Waals surface area contributed by atoms with Gasteiger partial charge in [-0.1, -0.05) is 0 Å². The number of piperazine rings is 1. The van der Waals surface area contributed by atoms with Crippen LogP contribution in [-0.4, -0.2) is 35.4 Å². The van der Waals surface area contributed by atoms with E-state index in [9.17, 15) is 18.0 Å². The van der Waals surface area contributed by atoms with Gasteiger partial charge in [0.15, 0.2) is 11.6 Å². The Balaban J connectivity index is 1.71. The predicted molar refractivity (Wildman–Crippen MR) is 85.9 cm³/mol. The van der Waals surface area contributed by atoms with Crippen LogP contribution in [0.15, 0.2) is 34.9 Å². The molecule has 1 aromatic heterocycles. The molecule has 1 aliphatic heterocycles. The SMILES string of the molecule is O=C1CN(c2ncc(Br)cc2F)CCN1Cc1cc(F)ccc1F. The zero-order valence-electron chi connectivity index (χ0n) is 12.5. The first-order valence-electron chi connectivity index (χ1n) is 7.22. The van der Waals surface area contributed by atoms with Crippen molar-refractivity contribution in [3.05, 3.63) is 58.0 Å². The van der Waals surface area contributed by atoms with E-state index in [1.807, 2.05) is 0 Å². The first-order chi connectivity index (χ1) is 11.4. The molecule has 0 N–H and O–H groups in total. The first-order valence-corrected chi connectivity index (χ1v) is 8.01. The van der Waals surface area contributed by atoms with E-state index < -0.39 is 17.5 Å². The van der Waals surface area contributed by atoms with E-state index in [4.69, 9.17) is 0 Å². The Morgan fingerprint density at radius 1 is 1.12 bits per heavy atom. The second kappa shape index (κ2) is 6.80. The van der Waals surface area contributed by atoms with Crippen LogP contribution in [0.5, 0.6) is 0 Å². The van der Waals surface area contributed by atoms with Gasteiger partial charge >= 0.3 is 0 Å². The summed E-state index contributed by atoms with van der Waals surface area (Å²) >= 11 is 3.13. The minimum absolute atomic E-state index is 0.0213. The number of benzene rings is 1. The topological polar surface area (TPSA) is 36.4 Å². The van der Waals surface area contributed by atoms with Gasteiger partial charge in [-0.05, 0) is 40.2 Å². The lowest BCUT2D eigenvalue weighted by Gasteiger charge is -2.35. The second-order valence-corrected chi connectivity index (χ2v) is 6.35. The summed E-state index contributed by atoms with van der Waals surface area (Å²) in [6.07, 6.45) is 1.46. The molecule has 0 unspecified atom stereocenters. The molecule has 1 aromatic carbocycles. The molecular formula is C16H13BrF3N3O. The Labute approximate surface area is 145 Å². The molecule has 0 bridgehead atoms. The van der Waals surface area contributed by atoms with Gasteiger partial charge in [0.05, 0.1) is 6.54 Å². The van der Waals surface area contributed by atoms with Gasteiger partial charge in [-0.15, -0.1) is 0 Å². The second-order valence-electron chi connectivity index (χ2n) is 5.43. The molecule has 0 saturated carbocycles. The zero-order chi connectivity index (χ0) is 17.3. The van der Waals surface area contributed by atoms with Crippen LogP contribution < -0.4 is 4.90 Å². The summed E-state index contributed by atoms with van der Waals surface area (Å²) in [6.45, 7) is 0.537. The van der Waals surface area contributed by atoms with Crippen LogP contribution in [0.4, 0.5) is 19.0 Å². The number of halogens is 4. The van der Waals surface area contributed by atoms with E-state index in [0.717, 1.165) is 18.2 Å². The maximum absolute atomic E-state index is 14.0. The molecular weight excluding hydrogens is 387 g/mol. The van der Waals surface area contributed by atoms with Gasteiger partial charge in [0.2, 0.25) is 5.91 Å². The third-order valence-electron chi connectivity index (χ3n) is 3.78. The number of pyridine rings is 1. The summed E-state index contributed by atoms with van der Waals surface area (Å²) < 4.78 is 41.4. The molecule has 4 nitrogen and oxygen atoms in total. The van der Waals surface area contributed by atoms with Crippen LogP contribution in [0, 0.1) is 17.5 Å². The van der Waals surface area contributed by atoms with Gasteiger partial charge in [0.25, 0.3) is 0 Å². The van der Waals surface area contributed by atoms with Crippen LogP contribution in [0.1, 0.15) is 5.56 Å². The minimum atomic E-state index is -0.563. The van der Waals surface area contributed by atoms with Crippen molar-refractivity contribution >= 4 is 27.7 Å². The van der Waals surface area contributed by atoms with Gasteiger partial charge in [-0.2, -0.15) is 0 Å². The van der Waals surface area contributed by atoms with E-state index in [2.05, 4.69) is 20.9 Å². The predicted octanol–water partition coefficient (Wildman–Crippen LogP) is 3.11. The molecule has 2 aromatic rings. The summed E-state index contributed by atoms with van der Waals surface area (Å²) in [5.74, 6) is -1.84. The summed E-state index contributed by atoms with van der Waals surface area (Å²) in [5, 5.41) is 0. The van der Waals surface area contributed by atoms with Gasteiger partial charge in [-0.3, -0.25) is 4.79 Å². The highest BCUT2D eigenvalue weighted by Crippen LogP contribution is 2.22. The number of carbonyl (C=O) groups excluding carboxylic acids is 1. The number of anilines is 1. The lowest BCUT2D eigenvalue weighted by atomic mass is 10.1. The molecule has 1 amide bonds. The lowest BCUT2D eigenvalue weighted by Crippen LogP contribution is -2.50. The number of rotatable bonds is 3. The van der Waals surface area contributed by atoms with Crippen LogP contribution in [0.3, 0.4) is 0 Å². The van der Waals surface area contributed by atoms with E-state index in [-0.39, 0.29) is 36.9 Å². The van der Waals surface area contributed by atoms with Crippen molar-refractivity contribution in [2.45, 2.75) is 6.54 Å². The van der Waals surface area contributed by atoms with Crippen molar-refractivity contribution in [2.24, 2.45) is 0 Å². The Kier molecular flexibility index (Phi) is 4.75. The fraction of sp³-hybridized carbons (Fsp3) is 0.250. The number of carbonyl (C=O) groups is 1. The lowest BCUT2D eigenvalue weighted by molar-refractivity contribution is -0.131. The van der Waals surface area contributed by atoms with Crippen molar-refractivity contribution < 1.29 is 18.0 Å². The Morgan fingerprint density at radius 3 is 2.62 bits per heavy atom. The average molecular weight is 400 g/mol. The van der Waals surface area contributed by atoms with Gasteiger partial charge < -0.3 is 9.80 Å². The molecule has 0 spiro atoms. The number of hydrogen-bond donors (Lipinski definition) is 0. The maximum atomic E-state index is 14.0. The monoisotopic (exact) mass is 399 g/mol. The van der Waals surface area contributed by atoms with Crippen molar-refractivity contribution in [3.63, 3.8) is 0 Å². The molecule has 126 valence electrons. The van der Waals surface area contributed by atoms with Crippen molar-refractivity contribution in [1.29, 1.82) is 0 Å². The van der Waals surface area contributed by atoms with Crippen molar-refractivity contribution in [1.82, 2.24) is 9.88 Å². The van der Waals surface area contributed by atoms with Crippen LogP contribution in [0.2, 0.25) is 0 Å². The standard InChI is InChI=1S/C16H13BrF3N3O/c17-11-6-14(20)16(21-7-11)23-4-3-22(15(24)9-23)8-10-5-12(18)1-2-13(10)19/h1-2,5-7H,3-4,8-9H2. The largest absolute Gasteiger partial charge is 0.343 e. The normalized spacial score (nSPS) is 15.1. The van der Waals surface area contributed by atoms with E-state index >= 15 is 0 Å². The summed E-state index contributed by atoms with van der Waals surface area (Å²) in [4.78, 5) is 19.2. The molecule has 3 rings (SSSR count). The average Bonchev–Trinajstić information content (AvgIpc) is 2.53. The highest BCUT2D eigenvalue weighted by Gasteiger charge is 2.27. The molecule has 0 radical (unpaired) electrons. The Morgan fingerprint density at radius 2 is 1.92 bits per heavy atom. The molecule has 8 heteroatoms. The number of nitrogens with zero attached hydrogens (tertiary/aromatic N) is 3. The third kappa shape index (κ3) is 3.53. The van der Waals surface area contributed by atoms with Crippen LogP contribution in [-0.2, 0) is 11.3 Å². The van der Waals surface area contributed by atoms with Gasteiger partial charge in [0, 0.05) is 35.9 Å². The van der Waals surface area contributed by atoms with Crippen molar-refractivity contribution in [2.75, 3.05) is 24.5 Å². The quantitative estimate of drug-likeness (QED) is 0.795. The fourth-order valence-electron chi connectivity index (χ4n) is 2.57. The molecule has 0 aliphatic carbocycles. The highest BCUT2D eigenvalue weighted by atomic mass is 79.9. The molecule has 1 aliphatic rings. The maximum Gasteiger partial charge on any atom is 0.242 e. The van der Waals surface area contributed by atoms with Gasteiger partial charge in [-0.25, -0.2) is 18.2 Å². The molecule has 0 atom stereocenters. The van der Waals surface area contributed by atoms with E-state index in [0.29, 0.717) is 11.0 Å². The third-order valence-corrected chi connectivity index (χ3v) is 4.21. The van der Waals surface area contributed by atoms with Crippen LogP contribution >= 0.6 is 15.9 Å². The summed E-state index contributed by atoms with van der Waals surface area (Å²) in [6, 6.07) is 4.42. The fourth-order valence-corrected chi connectivity index (χ4v) is 2.87. The van der Waals surface area contributed by atoms with Crippen LogP contribution in [0.25, 0.3) is 0 Å². The number of amides is 1. The zero-order valence-corrected chi connectivity index (χ0v) is 14.1. The summed E-state index contributed by atoms with van der Waals surface area (Å²) in [5.41, 5.74) is 0.116. The number of hydrogen-bond acceptors (Lipinski definition) is 3. The van der Waals surface area contributed by atoms with Crippen molar-refractivity contribution in [3.8, 4) is 0 Å². The molecule has 24 heavy (non-hydrogen) atoms. The molecule has 1 fully saturated rings. The number of aromatic nitrogens is 1. The Bertz CT molecular complexity index is 787. The first kappa shape index (κ1) is 16.8. The van der Waals surface area contributed by atoms with E-state index in [1.165, 1.54) is 22.1 Å². The molecule has 1 saturated heterocycles. The highest BCUT2D eigenvalue weighted by molar-refractivity contribution is 9.10. The summed E-state index contributed by atoms with van der Waals surface area (Å²) in [7, 11) is 0. The Hall–Kier alpha value is -2.09. The molecule has 2 heterocycles. The smallest absolute Gasteiger partial charge is 0.242 e. The van der Waals surface area contributed by atoms with Gasteiger partial charge in [0.1, 0.15) is 11.6 Å². The van der Waals surface area contributed by atoms with E-state index in [1.54, 1.807) is 0 Å². The minimum Gasteiger partial charge on any atom is -0.343 e.